The number of nitrogens with zero attached hydrogens (tertiary/aromatic N) is 3. The van der Waals surface area contributed by atoms with Gasteiger partial charge >= 0.3 is 12.0 Å². The van der Waals surface area contributed by atoms with Gasteiger partial charge in [-0.1, -0.05) is 53.6 Å². The number of carbonyl (C=O) groups excluding carboxylic acids is 3. The minimum atomic E-state index is -0.611. The SMILES string of the molecule is CCOC(=O)C1=C(CN2CCN(C(=O)c3ccccc3Cl)C(C)C2)N(CC)C(=O)NC1c1cccc(C)c1. The zero-order valence-corrected chi connectivity index (χ0v) is 23.1. The first kappa shape index (κ1) is 27.7. The number of carbonyl (C=O) groups is 3. The lowest BCUT2D eigenvalue weighted by atomic mass is 9.93. The van der Waals surface area contributed by atoms with Crippen LogP contribution in [0.15, 0.2) is 59.8 Å². The van der Waals surface area contributed by atoms with Crippen molar-refractivity contribution in [1.29, 1.82) is 0 Å². The topological polar surface area (TPSA) is 82.2 Å². The molecule has 4 rings (SSSR count). The van der Waals surface area contributed by atoms with Crippen LogP contribution in [0.5, 0.6) is 0 Å². The van der Waals surface area contributed by atoms with Gasteiger partial charge in [-0.3, -0.25) is 14.6 Å². The van der Waals surface area contributed by atoms with Gasteiger partial charge in [0.05, 0.1) is 28.8 Å². The highest BCUT2D eigenvalue weighted by molar-refractivity contribution is 6.33. The van der Waals surface area contributed by atoms with E-state index in [0.29, 0.717) is 54.6 Å². The molecule has 1 saturated heterocycles. The van der Waals surface area contributed by atoms with Crippen molar-refractivity contribution in [3.05, 3.63) is 81.5 Å². The number of benzene rings is 2. The number of aryl methyl sites for hydroxylation is 1. The normalized spacial score (nSPS) is 20.4. The van der Waals surface area contributed by atoms with Crippen LogP contribution < -0.4 is 5.32 Å². The first-order valence-corrected chi connectivity index (χ1v) is 13.5. The van der Waals surface area contributed by atoms with Gasteiger partial charge in [0.15, 0.2) is 0 Å². The van der Waals surface area contributed by atoms with E-state index >= 15 is 0 Å². The van der Waals surface area contributed by atoms with Crippen LogP contribution in [0.2, 0.25) is 5.02 Å². The number of amides is 3. The Morgan fingerprint density at radius 1 is 1.11 bits per heavy atom. The Morgan fingerprint density at radius 2 is 1.87 bits per heavy atom. The quantitative estimate of drug-likeness (QED) is 0.528. The molecular weight excluding hydrogens is 504 g/mol. The summed E-state index contributed by atoms with van der Waals surface area (Å²) in [5.74, 6) is -0.533. The van der Waals surface area contributed by atoms with E-state index in [1.54, 1.807) is 30.0 Å². The zero-order chi connectivity index (χ0) is 27.4. The lowest BCUT2D eigenvalue weighted by Gasteiger charge is -2.43. The van der Waals surface area contributed by atoms with Gasteiger partial charge < -0.3 is 15.0 Å². The van der Waals surface area contributed by atoms with Crippen molar-refractivity contribution in [3.8, 4) is 0 Å². The summed E-state index contributed by atoms with van der Waals surface area (Å²) in [6, 6.07) is 13.9. The van der Waals surface area contributed by atoms with Gasteiger partial charge in [-0.15, -0.1) is 0 Å². The number of hydrogen-bond donors (Lipinski definition) is 1. The predicted molar refractivity (Wildman–Crippen MR) is 147 cm³/mol. The lowest BCUT2D eigenvalue weighted by Crippen LogP contribution is -2.56. The van der Waals surface area contributed by atoms with Crippen molar-refractivity contribution in [2.75, 3.05) is 39.3 Å². The van der Waals surface area contributed by atoms with E-state index in [0.717, 1.165) is 11.1 Å². The van der Waals surface area contributed by atoms with Crippen molar-refractivity contribution in [2.45, 2.75) is 39.8 Å². The van der Waals surface area contributed by atoms with Gasteiger partial charge in [-0.05, 0) is 45.4 Å². The highest BCUT2D eigenvalue weighted by Crippen LogP contribution is 2.33. The van der Waals surface area contributed by atoms with Crippen molar-refractivity contribution in [1.82, 2.24) is 20.0 Å². The minimum absolute atomic E-state index is 0.0840. The highest BCUT2D eigenvalue weighted by atomic mass is 35.5. The molecule has 2 heterocycles. The molecule has 0 spiro atoms. The number of ether oxygens (including phenoxy) is 1. The minimum Gasteiger partial charge on any atom is -0.463 e. The number of nitrogens with one attached hydrogen (secondary N) is 1. The number of urea groups is 1. The van der Waals surface area contributed by atoms with Crippen LogP contribution in [0.4, 0.5) is 4.79 Å². The van der Waals surface area contributed by atoms with E-state index in [1.165, 1.54) is 0 Å². The molecule has 0 saturated carbocycles. The summed E-state index contributed by atoms with van der Waals surface area (Å²) in [6.45, 7) is 10.4. The highest BCUT2D eigenvalue weighted by Gasteiger charge is 2.39. The summed E-state index contributed by atoms with van der Waals surface area (Å²) in [6.07, 6.45) is 0. The van der Waals surface area contributed by atoms with Crippen molar-refractivity contribution >= 4 is 29.5 Å². The molecule has 1 N–H and O–H groups in total. The summed E-state index contributed by atoms with van der Waals surface area (Å²) in [5, 5.41) is 3.45. The first-order valence-electron chi connectivity index (χ1n) is 13.1. The lowest BCUT2D eigenvalue weighted by molar-refractivity contribution is -0.139. The van der Waals surface area contributed by atoms with Crippen molar-refractivity contribution in [3.63, 3.8) is 0 Å². The molecule has 2 atom stereocenters. The summed E-state index contributed by atoms with van der Waals surface area (Å²) in [7, 11) is 0. The van der Waals surface area contributed by atoms with Crippen LogP contribution in [-0.4, -0.2) is 78.0 Å². The van der Waals surface area contributed by atoms with Crippen LogP contribution >= 0.6 is 11.6 Å². The average molecular weight is 539 g/mol. The van der Waals surface area contributed by atoms with Crippen molar-refractivity contribution in [2.24, 2.45) is 0 Å². The monoisotopic (exact) mass is 538 g/mol. The van der Waals surface area contributed by atoms with Gasteiger partial charge in [0.2, 0.25) is 0 Å². The van der Waals surface area contributed by atoms with Gasteiger partial charge in [0.25, 0.3) is 5.91 Å². The third-order valence-corrected chi connectivity index (χ3v) is 7.41. The van der Waals surface area contributed by atoms with Gasteiger partial charge in [-0.2, -0.15) is 0 Å². The summed E-state index contributed by atoms with van der Waals surface area (Å²) in [5.41, 5.74) is 3.44. The fourth-order valence-electron chi connectivity index (χ4n) is 5.24. The molecule has 0 aromatic heterocycles. The Kier molecular flexibility index (Phi) is 8.74. The maximum absolute atomic E-state index is 13.3. The van der Waals surface area contributed by atoms with E-state index in [4.69, 9.17) is 16.3 Å². The maximum Gasteiger partial charge on any atom is 0.338 e. The number of piperazine rings is 1. The fraction of sp³-hybridized carbons (Fsp3) is 0.414. The molecule has 1 fully saturated rings. The molecule has 202 valence electrons. The Hall–Kier alpha value is -3.36. The van der Waals surface area contributed by atoms with Crippen LogP contribution in [0.1, 0.15) is 48.3 Å². The molecule has 2 aliphatic rings. The smallest absolute Gasteiger partial charge is 0.338 e. The Morgan fingerprint density at radius 3 is 2.53 bits per heavy atom. The Bertz CT molecular complexity index is 1250. The van der Waals surface area contributed by atoms with E-state index in [9.17, 15) is 14.4 Å². The molecule has 3 amide bonds. The summed E-state index contributed by atoms with van der Waals surface area (Å²) >= 11 is 6.28. The molecular formula is C29H35ClN4O4. The molecule has 9 heteroatoms. The average Bonchev–Trinajstić information content (AvgIpc) is 2.88. The third-order valence-electron chi connectivity index (χ3n) is 7.08. The van der Waals surface area contributed by atoms with E-state index in [2.05, 4.69) is 10.2 Å². The number of esters is 1. The van der Waals surface area contributed by atoms with Crippen LogP contribution in [0, 0.1) is 6.92 Å². The standard InChI is InChI=1S/C29H35ClN4O4/c1-5-33-24(18-32-14-15-34(20(4)17-32)27(35)22-12-7-8-13-23(22)30)25(28(36)38-6-2)26(31-29(33)37)21-11-9-10-19(3)16-21/h7-13,16,20,26H,5-6,14-15,17-18H2,1-4H3,(H,31,37). The van der Waals surface area contributed by atoms with Crippen molar-refractivity contribution < 1.29 is 19.1 Å². The first-order chi connectivity index (χ1) is 18.2. The fourth-order valence-corrected chi connectivity index (χ4v) is 5.45. The summed E-state index contributed by atoms with van der Waals surface area (Å²) in [4.78, 5) is 45.4. The van der Waals surface area contributed by atoms with E-state index in [1.807, 2.05) is 56.0 Å². The molecule has 2 unspecified atom stereocenters. The van der Waals surface area contributed by atoms with Crippen LogP contribution in [0.25, 0.3) is 0 Å². The number of halogens is 1. The molecule has 2 aromatic rings. The van der Waals surface area contributed by atoms with E-state index < -0.39 is 12.0 Å². The third kappa shape index (κ3) is 5.71. The van der Waals surface area contributed by atoms with Gasteiger partial charge in [0, 0.05) is 44.5 Å². The second kappa shape index (κ2) is 12.0. The molecule has 2 aliphatic heterocycles. The predicted octanol–water partition coefficient (Wildman–Crippen LogP) is 4.40. The number of likely N-dealkylation sites (N-methyl/N-ethyl adjacent to an activating group) is 1. The van der Waals surface area contributed by atoms with Gasteiger partial charge in [-0.25, -0.2) is 9.59 Å². The Balaban J connectivity index is 1.64. The second-order valence-corrected chi connectivity index (χ2v) is 10.1. The summed E-state index contributed by atoms with van der Waals surface area (Å²) < 4.78 is 5.48. The zero-order valence-electron chi connectivity index (χ0n) is 22.4. The maximum atomic E-state index is 13.3. The van der Waals surface area contributed by atoms with Crippen LogP contribution in [0.3, 0.4) is 0 Å². The largest absolute Gasteiger partial charge is 0.463 e. The molecule has 8 nitrogen and oxygen atoms in total. The molecule has 38 heavy (non-hydrogen) atoms. The van der Waals surface area contributed by atoms with Gasteiger partial charge in [0.1, 0.15) is 0 Å². The molecule has 0 aliphatic carbocycles. The molecule has 2 aromatic carbocycles. The Labute approximate surface area is 229 Å². The number of rotatable bonds is 7. The van der Waals surface area contributed by atoms with Crippen LogP contribution in [-0.2, 0) is 9.53 Å². The van der Waals surface area contributed by atoms with E-state index in [-0.39, 0.29) is 24.6 Å². The number of hydrogen-bond acceptors (Lipinski definition) is 5. The molecule has 0 radical (unpaired) electrons. The second-order valence-electron chi connectivity index (χ2n) is 9.68. The molecule has 0 bridgehead atoms.